The number of nitrogens with one attached hydrogen (secondary N) is 1. The number of hydrogen-bond acceptors (Lipinski definition) is 7. The Kier molecular flexibility index (Phi) is 5.33. The summed E-state index contributed by atoms with van der Waals surface area (Å²) in [6.45, 7) is 6.00. The molecule has 32 heavy (non-hydrogen) atoms. The van der Waals surface area contributed by atoms with Gasteiger partial charge in [-0.3, -0.25) is 9.69 Å². The molecule has 2 fully saturated rings. The van der Waals surface area contributed by atoms with Crippen molar-refractivity contribution in [3.05, 3.63) is 46.6 Å². The van der Waals surface area contributed by atoms with E-state index in [1.165, 1.54) is 11.1 Å². The molecule has 3 aliphatic heterocycles. The molecule has 0 aliphatic carbocycles. The number of piperidine rings is 1. The maximum Gasteiger partial charge on any atom is 0.338 e. The van der Waals surface area contributed by atoms with E-state index in [0.29, 0.717) is 30.5 Å². The third-order valence-electron chi connectivity index (χ3n) is 7.44. The minimum Gasteiger partial charge on any atom is -0.457 e. The number of esters is 1. The molecule has 0 radical (unpaired) electrons. The molecule has 1 aromatic carbocycles. The molecule has 2 aromatic rings. The van der Waals surface area contributed by atoms with E-state index in [4.69, 9.17) is 4.74 Å². The minimum absolute atomic E-state index is 0.206. The third kappa shape index (κ3) is 3.52. The van der Waals surface area contributed by atoms with Crippen LogP contribution in [0, 0.1) is 12.3 Å². The predicted molar refractivity (Wildman–Crippen MR) is 121 cm³/mol. The van der Waals surface area contributed by atoms with E-state index in [-0.39, 0.29) is 17.3 Å². The summed E-state index contributed by atoms with van der Waals surface area (Å²) in [4.78, 5) is 38.0. The minimum atomic E-state index is -0.261. The Morgan fingerprint density at radius 3 is 2.69 bits per heavy atom. The number of benzene rings is 1. The molecular formula is C24H29N5O3. The average molecular weight is 436 g/mol. The summed E-state index contributed by atoms with van der Waals surface area (Å²) in [5.41, 5.74) is 3.93. The van der Waals surface area contributed by atoms with Gasteiger partial charge in [-0.25, -0.2) is 9.78 Å². The van der Waals surface area contributed by atoms with Crippen LogP contribution in [0.5, 0.6) is 0 Å². The van der Waals surface area contributed by atoms with Crippen LogP contribution in [-0.2, 0) is 22.6 Å². The van der Waals surface area contributed by atoms with Gasteiger partial charge in [0.15, 0.2) is 0 Å². The molecule has 8 nitrogen and oxygen atoms in total. The molecule has 0 unspecified atom stereocenters. The monoisotopic (exact) mass is 435 g/mol. The van der Waals surface area contributed by atoms with Gasteiger partial charge < -0.3 is 15.0 Å². The molecule has 0 atom stereocenters. The van der Waals surface area contributed by atoms with E-state index >= 15 is 0 Å². The van der Waals surface area contributed by atoms with Gasteiger partial charge in [0, 0.05) is 31.9 Å². The molecule has 5 rings (SSSR count). The fraction of sp³-hybridized carbons (Fsp3) is 0.500. The average Bonchev–Trinajstić information content (AvgIpc) is 3.35. The van der Waals surface area contributed by atoms with Crippen LogP contribution in [0.3, 0.4) is 0 Å². The van der Waals surface area contributed by atoms with Crippen LogP contribution in [0.25, 0.3) is 0 Å². The van der Waals surface area contributed by atoms with Crippen LogP contribution in [0.2, 0.25) is 0 Å². The van der Waals surface area contributed by atoms with Crippen molar-refractivity contribution in [1.82, 2.24) is 14.9 Å². The highest BCUT2D eigenvalue weighted by Gasteiger charge is 2.48. The van der Waals surface area contributed by atoms with Crippen LogP contribution in [0.1, 0.15) is 46.3 Å². The van der Waals surface area contributed by atoms with Crippen molar-refractivity contribution in [3.8, 4) is 0 Å². The van der Waals surface area contributed by atoms with Gasteiger partial charge in [0.1, 0.15) is 12.4 Å². The summed E-state index contributed by atoms with van der Waals surface area (Å²) in [6.07, 6.45) is 5.29. The molecule has 0 saturated carbocycles. The van der Waals surface area contributed by atoms with E-state index < -0.39 is 0 Å². The predicted octanol–water partition coefficient (Wildman–Crippen LogP) is 2.56. The Morgan fingerprint density at radius 2 is 1.91 bits per heavy atom. The molecule has 4 heterocycles. The Bertz CT molecular complexity index is 1060. The van der Waals surface area contributed by atoms with Crippen LogP contribution in [0.15, 0.2) is 24.4 Å². The van der Waals surface area contributed by atoms with Crippen LogP contribution in [0.4, 0.5) is 11.8 Å². The van der Waals surface area contributed by atoms with Gasteiger partial charge in [-0.2, -0.15) is 4.98 Å². The zero-order valence-electron chi connectivity index (χ0n) is 18.7. The molecule has 168 valence electrons. The van der Waals surface area contributed by atoms with Gasteiger partial charge >= 0.3 is 5.97 Å². The summed E-state index contributed by atoms with van der Waals surface area (Å²) in [5, 5.41) is 2.94. The second kappa shape index (κ2) is 8.16. The second-order valence-electron chi connectivity index (χ2n) is 9.02. The normalized spacial score (nSPS) is 20.0. The number of ether oxygens (including phenoxy) is 1. The van der Waals surface area contributed by atoms with Gasteiger partial charge in [-0.1, -0.05) is 6.07 Å². The van der Waals surface area contributed by atoms with Crippen molar-refractivity contribution in [2.24, 2.45) is 5.41 Å². The molecular weight excluding hydrogens is 406 g/mol. The van der Waals surface area contributed by atoms with Crippen LogP contribution >= 0.6 is 0 Å². The lowest BCUT2D eigenvalue weighted by atomic mass is 9.77. The number of aromatic nitrogens is 2. The fourth-order valence-corrected chi connectivity index (χ4v) is 5.28. The van der Waals surface area contributed by atoms with E-state index in [1.807, 2.05) is 17.0 Å². The number of fused-ring (bicyclic) bond motifs is 1. The van der Waals surface area contributed by atoms with E-state index in [1.54, 1.807) is 13.2 Å². The van der Waals surface area contributed by atoms with Crippen LogP contribution in [-0.4, -0.2) is 60.0 Å². The smallest absolute Gasteiger partial charge is 0.338 e. The number of amides is 1. The second-order valence-corrected chi connectivity index (χ2v) is 9.02. The number of hydrogen-bond donors (Lipinski definition) is 1. The number of cyclic esters (lactones) is 1. The topological polar surface area (TPSA) is 87.7 Å². The van der Waals surface area contributed by atoms with Gasteiger partial charge in [0.2, 0.25) is 11.9 Å². The zero-order chi connectivity index (χ0) is 22.3. The highest BCUT2D eigenvalue weighted by molar-refractivity contribution is 5.99. The molecule has 1 aromatic heterocycles. The number of carbonyl (C=O) groups is 2. The first kappa shape index (κ1) is 20.9. The maximum atomic E-state index is 13.3. The van der Waals surface area contributed by atoms with Crippen molar-refractivity contribution in [3.63, 3.8) is 0 Å². The summed E-state index contributed by atoms with van der Waals surface area (Å²) >= 11 is 0. The highest BCUT2D eigenvalue weighted by atomic mass is 16.5. The Labute approximate surface area is 188 Å². The Balaban J connectivity index is 1.19. The Morgan fingerprint density at radius 1 is 1.12 bits per heavy atom. The number of nitrogens with zero attached hydrogens (tertiary/aromatic N) is 4. The van der Waals surface area contributed by atoms with Gasteiger partial charge in [0.25, 0.3) is 0 Å². The molecule has 3 aliphatic rings. The van der Waals surface area contributed by atoms with Gasteiger partial charge in [0.05, 0.1) is 11.0 Å². The van der Waals surface area contributed by atoms with E-state index in [9.17, 15) is 9.59 Å². The lowest BCUT2D eigenvalue weighted by Gasteiger charge is -2.38. The first-order valence-corrected chi connectivity index (χ1v) is 11.3. The van der Waals surface area contributed by atoms with Gasteiger partial charge in [-0.05, 0) is 69.0 Å². The zero-order valence-corrected chi connectivity index (χ0v) is 18.7. The van der Waals surface area contributed by atoms with E-state index in [2.05, 4.69) is 33.2 Å². The molecule has 1 spiro atoms. The fourth-order valence-electron chi connectivity index (χ4n) is 5.28. The third-order valence-corrected chi connectivity index (χ3v) is 7.44. The van der Waals surface area contributed by atoms with Gasteiger partial charge in [-0.15, -0.1) is 0 Å². The quantitative estimate of drug-likeness (QED) is 0.722. The maximum absolute atomic E-state index is 13.3. The highest BCUT2D eigenvalue weighted by Crippen LogP contribution is 2.42. The molecule has 1 amide bonds. The lowest BCUT2D eigenvalue weighted by molar-refractivity contribution is -0.128. The van der Waals surface area contributed by atoms with Crippen molar-refractivity contribution < 1.29 is 14.3 Å². The number of anilines is 2. The molecule has 8 heteroatoms. The molecule has 0 bridgehead atoms. The largest absolute Gasteiger partial charge is 0.457 e. The first-order valence-electron chi connectivity index (χ1n) is 11.3. The van der Waals surface area contributed by atoms with Crippen LogP contribution < -0.4 is 10.2 Å². The van der Waals surface area contributed by atoms with Crippen molar-refractivity contribution >= 4 is 23.6 Å². The molecule has 2 saturated heterocycles. The summed E-state index contributed by atoms with van der Waals surface area (Å²) in [6, 6.07) is 5.77. The number of rotatable bonds is 5. The van der Waals surface area contributed by atoms with Crippen molar-refractivity contribution in [2.45, 2.75) is 39.2 Å². The van der Waals surface area contributed by atoms with Crippen molar-refractivity contribution in [1.29, 1.82) is 0 Å². The number of carbonyl (C=O) groups excluding carboxylic acids is 2. The Hall–Kier alpha value is -3.00. The SMILES string of the molecule is CNc1nccc(N2CCC3(CCN(CCc4ccc5c(c4C)COC5=O)CC3)C2=O)n1. The van der Waals surface area contributed by atoms with Crippen molar-refractivity contribution in [2.75, 3.05) is 43.4 Å². The lowest BCUT2D eigenvalue weighted by Crippen LogP contribution is -2.45. The van der Waals surface area contributed by atoms with E-state index in [0.717, 1.165) is 50.9 Å². The first-order chi connectivity index (χ1) is 15.5. The summed E-state index contributed by atoms with van der Waals surface area (Å²) in [7, 11) is 1.78. The molecule has 1 N–H and O–H groups in total. The summed E-state index contributed by atoms with van der Waals surface area (Å²) < 4.78 is 5.17. The summed E-state index contributed by atoms with van der Waals surface area (Å²) in [5.74, 6) is 1.21. The number of likely N-dealkylation sites (tertiary alicyclic amines) is 1. The standard InChI is InChI=1S/C24H29N5O3/c1-16-17(3-4-18-19(16)15-32-21(18)30)6-11-28-12-7-24(8-13-28)9-14-29(22(24)31)20-5-10-26-23(25-2)27-20/h3-5,10H,6-9,11-15H2,1-2H3,(H,25,26,27).